The standard InChI is InChI=1S/C11H12BrF3O/c1-10(16-2,7-11(13,14)15)8-4-3-5-9(12)6-8/h3-6H,7H2,1-2H3. The number of hydrogen-bond acceptors (Lipinski definition) is 1. The Hall–Kier alpha value is -0.550. The van der Waals surface area contributed by atoms with E-state index in [1.807, 2.05) is 0 Å². The van der Waals surface area contributed by atoms with Crippen molar-refractivity contribution in [1.82, 2.24) is 0 Å². The molecule has 1 aromatic carbocycles. The van der Waals surface area contributed by atoms with Crippen LogP contribution in [0.5, 0.6) is 0 Å². The van der Waals surface area contributed by atoms with Gasteiger partial charge in [-0.05, 0) is 24.6 Å². The summed E-state index contributed by atoms with van der Waals surface area (Å²) >= 11 is 3.23. The van der Waals surface area contributed by atoms with Crippen molar-refractivity contribution in [3.8, 4) is 0 Å². The third-order valence-electron chi connectivity index (χ3n) is 2.42. The molecule has 0 aliphatic rings. The maximum Gasteiger partial charge on any atom is 0.392 e. The lowest BCUT2D eigenvalue weighted by molar-refractivity contribution is -0.181. The highest BCUT2D eigenvalue weighted by molar-refractivity contribution is 9.10. The maximum absolute atomic E-state index is 12.4. The smallest absolute Gasteiger partial charge is 0.373 e. The van der Waals surface area contributed by atoms with E-state index in [2.05, 4.69) is 15.9 Å². The molecule has 0 radical (unpaired) electrons. The van der Waals surface area contributed by atoms with Crippen molar-refractivity contribution in [3.63, 3.8) is 0 Å². The van der Waals surface area contributed by atoms with Gasteiger partial charge in [-0.1, -0.05) is 28.1 Å². The first-order valence-electron chi connectivity index (χ1n) is 4.65. The van der Waals surface area contributed by atoms with Crippen molar-refractivity contribution in [2.45, 2.75) is 25.1 Å². The van der Waals surface area contributed by atoms with Gasteiger partial charge in [0, 0.05) is 11.6 Å². The van der Waals surface area contributed by atoms with Crippen molar-refractivity contribution in [3.05, 3.63) is 34.3 Å². The Morgan fingerprint density at radius 2 is 1.94 bits per heavy atom. The third-order valence-corrected chi connectivity index (χ3v) is 2.92. The van der Waals surface area contributed by atoms with Crippen molar-refractivity contribution < 1.29 is 17.9 Å². The number of benzene rings is 1. The van der Waals surface area contributed by atoms with Crippen LogP contribution in [-0.4, -0.2) is 13.3 Å². The molecule has 1 atom stereocenters. The molecule has 0 aromatic heterocycles. The summed E-state index contributed by atoms with van der Waals surface area (Å²) in [6.07, 6.45) is -5.26. The molecule has 0 bridgehead atoms. The third kappa shape index (κ3) is 3.49. The molecule has 16 heavy (non-hydrogen) atoms. The first-order chi connectivity index (χ1) is 7.27. The van der Waals surface area contributed by atoms with E-state index in [0.717, 1.165) is 4.47 Å². The molecule has 0 aliphatic carbocycles. The lowest BCUT2D eigenvalue weighted by atomic mass is 9.92. The Morgan fingerprint density at radius 1 is 1.31 bits per heavy atom. The van der Waals surface area contributed by atoms with Crippen molar-refractivity contribution >= 4 is 15.9 Å². The van der Waals surface area contributed by atoms with Crippen LogP contribution in [0.2, 0.25) is 0 Å². The van der Waals surface area contributed by atoms with Crippen LogP contribution in [0.25, 0.3) is 0 Å². The zero-order valence-corrected chi connectivity index (χ0v) is 10.5. The summed E-state index contributed by atoms with van der Waals surface area (Å²) in [7, 11) is 1.28. The van der Waals surface area contributed by atoms with Gasteiger partial charge in [-0.2, -0.15) is 13.2 Å². The quantitative estimate of drug-likeness (QED) is 0.810. The fourth-order valence-electron chi connectivity index (χ4n) is 1.49. The summed E-state index contributed by atoms with van der Waals surface area (Å²) in [5, 5.41) is 0. The average Bonchev–Trinajstić information content (AvgIpc) is 2.15. The SMILES string of the molecule is COC(C)(CC(F)(F)F)c1cccc(Br)c1. The van der Waals surface area contributed by atoms with E-state index >= 15 is 0 Å². The summed E-state index contributed by atoms with van der Waals surface area (Å²) in [6, 6.07) is 6.70. The molecular weight excluding hydrogens is 285 g/mol. The van der Waals surface area contributed by atoms with E-state index in [0.29, 0.717) is 5.56 Å². The molecule has 0 N–H and O–H groups in total. The van der Waals surface area contributed by atoms with Gasteiger partial charge in [-0.15, -0.1) is 0 Å². The molecule has 1 rings (SSSR count). The van der Waals surface area contributed by atoms with Gasteiger partial charge >= 0.3 is 6.18 Å². The number of halogens is 4. The van der Waals surface area contributed by atoms with E-state index in [-0.39, 0.29) is 0 Å². The van der Waals surface area contributed by atoms with Crippen LogP contribution in [-0.2, 0) is 10.3 Å². The predicted octanol–water partition coefficient (Wildman–Crippen LogP) is 4.26. The normalized spacial score (nSPS) is 15.9. The molecule has 1 nitrogen and oxygen atoms in total. The lowest BCUT2D eigenvalue weighted by Gasteiger charge is -2.29. The highest BCUT2D eigenvalue weighted by Gasteiger charge is 2.40. The second kappa shape index (κ2) is 4.75. The number of methoxy groups -OCH3 is 1. The van der Waals surface area contributed by atoms with Crippen molar-refractivity contribution in [1.29, 1.82) is 0 Å². The van der Waals surface area contributed by atoms with Crippen LogP contribution in [0.3, 0.4) is 0 Å². The van der Waals surface area contributed by atoms with Gasteiger partial charge in [0.15, 0.2) is 0 Å². The van der Waals surface area contributed by atoms with Crippen LogP contribution in [0.1, 0.15) is 18.9 Å². The molecule has 90 valence electrons. The highest BCUT2D eigenvalue weighted by Crippen LogP contribution is 2.37. The molecule has 0 spiro atoms. The number of rotatable bonds is 3. The first kappa shape index (κ1) is 13.5. The Morgan fingerprint density at radius 3 is 2.38 bits per heavy atom. The van der Waals surface area contributed by atoms with Crippen LogP contribution in [0.15, 0.2) is 28.7 Å². The van der Waals surface area contributed by atoms with E-state index in [1.165, 1.54) is 14.0 Å². The second-order valence-electron chi connectivity index (χ2n) is 3.74. The van der Waals surface area contributed by atoms with Gasteiger partial charge in [0.1, 0.15) is 0 Å². The minimum absolute atomic E-state index is 0.502. The van der Waals surface area contributed by atoms with Crippen molar-refractivity contribution in [2.75, 3.05) is 7.11 Å². The Labute approximate surface area is 101 Å². The van der Waals surface area contributed by atoms with E-state index < -0.39 is 18.2 Å². The van der Waals surface area contributed by atoms with E-state index in [4.69, 9.17) is 4.74 Å². The fourth-order valence-corrected chi connectivity index (χ4v) is 1.89. The summed E-state index contributed by atoms with van der Waals surface area (Å²) in [6.45, 7) is 1.43. The van der Waals surface area contributed by atoms with Gasteiger partial charge in [-0.3, -0.25) is 0 Å². The maximum atomic E-state index is 12.4. The van der Waals surface area contributed by atoms with Gasteiger partial charge in [0.2, 0.25) is 0 Å². The van der Waals surface area contributed by atoms with Crippen LogP contribution in [0.4, 0.5) is 13.2 Å². The summed E-state index contributed by atoms with van der Waals surface area (Å²) < 4.78 is 43.0. The molecule has 1 aromatic rings. The highest BCUT2D eigenvalue weighted by atomic mass is 79.9. The largest absolute Gasteiger partial charge is 0.392 e. The van der Waals surface area contributed by atoms with Gasteiger partial charge in [0.05, 0.1) is 12.0 Å². The summed E-state index contributed by atoms with van der Waals surface area (Å²) in [4.78, 5) is 0. The Balaban J connectivity index is 3.05. The number of ether oxygens (including phenoxy) is 1. The second-order valence-corrected chi connectivity index (χ2v) is 4.65. The molecule has 0 fully saturated rings. The zero-order chi connectivity index (χ0) is 12.4. The lowest BCUT2D eigenvalue weighted by Crippen LogP contribution is -2.31. The van der Waals surface area contributed by atoms with Crippen LogP contribution < -0.4 is 0 Å². The van der Waals surface area contributed by atoms with Gasteiger partial charge < -0.3 is 4.74 Å². The minimum atomic E-state index is -4.26. The van der Waals surface area contributed by atoms with Crippen LogP contribution in [0, 0.1) is 0 Å². The Kier molecular flexibility index (Phi) is 4.02. The average molecular weight is 297 g/mol. The predicted molar refractivity (Wildman–Crippen MR) is 59.2 cm³/mol. The number of alkyl halides is 3. The molecular formula is C11H12BrF3O. The van der Waals surface area contributed by atoms with Gasteiger partial charge in [-0.25, -0.2) is 0 Å². The fraction of sp³-hybridized carbons (Fsp3) is 0.455. The molecule has 0 saturated heterocycles. The monoisotopic (exact) mass is 296 g/mol. The molecule has 0 heterocycles. The van der Waals surface area contributed by atoms with E-state index in [9.17, 15) is 13.2 Å². The zero-order valence-electron chi connectivity index (χ0n) is 8.94. The topological polar surface area (TPSA) is 9.23 Å². The summed E-state index contributed by atoms with van der Waals surface area (Å²) in [5.41, 5.74) is -0.844. The molecule has 0 aliphatic heterocycles. The molecule has 0 amide bonds. The Bertz CT molecular complexity index is 364. The first-order valence-corrected chi connectivity index (χ1v) is 5.44. The molecule has 5 heteroatoms. The van der Waals surface area contributed by atoms with Crippen LogP contribution >= 0.6 is 15.9 Å². The van der Waals surface area contributed by atoms with Gasteiger partial charge in [0.25, 0.3) is 0 Å². The number of hydrogen-bond donors (Lipinski definition) is 0. The van der Waals surface area contributed by atoms with E-state index in [1.54, 1.807) is 24.3 Å². The van der Waals surface area contributed by atoms with Crippen molar-refractivity contribution in [2.24, 2.45) is 0 Å². The molecule has 1 unspecified atom stereocenters. The minimum Gasteiger partial charge on any atom is -0.373 e. The summed E-state index contributed by atoms with van der Waals surface area (Å²) in [5.74, 6) is 0. The molecule has 0 saturated carbocycles.